The van der Waals surface area contributed by atoms with E-state index in [1.165, 1.54) is 36.4 Å². The molecule has 0 fully saturated rings. The number of hydrogen-bond donors (Lipinski definition) is 2. The van der Waals surface area contributed by atoms with Gasteiger partial charge in [0.2, 0.25) is 0 Å². The highest BCUT2D eigenvalue weighted by Crippen LogP contribution is 2.18. The van der Waals surface area contributed by atoms with Gasteiger partial charge in [-0.15, -0.1) is 0 Å². The standard InChI is InChI=1S/C7H5N3O2.C6H6N2O2/c8-4-5-3-6(10(11)12)1-2-7(5)9;7-5-1-3-6(4-2-5)8(9)10/h1-3H,9H2;1-4H,7H2. The monoisotopic (exact) mass is 301 g/mol. The maximum absolute atomic E-state index is 10.2. The van der Waals surface area contributed by atoms with E-state index in [0.717, 1.165) is 6.07 Å². The van der Waals surface area contributed by atoms with Crippen LogP contribution < -0.4 is 11.5 Å². The second-order valence-corrected chi connectivity index (χ2v) is 3.99. The second-order valence-electron chi connectivity index (χ2n) is 3.99. The molecule has 2 aromatic rings. The summed E-state index contributed by atoms with van der Waals surface area (Å²) in [6.45, 7) is 0. The van der Waals surface area contributed by atoms with Crippen molar-refractivity contribution in [1.29, 1.82) is 5.26 Å². The fraction of sp³-hybridized carbons (Fsp3) is 0. The third-order valence-electron chi connectivity index (χ3n) is 2.47. The molecule has 9 nitrogen and oxygen atoms in total. The van der Waals surface area contributed by atoms with Crippen molar-refractivity contribution in [2.75, 3.05) is 11.5 Å². The first-order valence-electron chi connectivity index (χ1n) is 5.79. The minimum atomic E-state index is -0.569. The zero-order valence-electron chi connectivity index (χ0n) is 11.2. The number of nitrogens with two attached hydrogens (primary N) is 2. The molecule has 0 heterocycles. The summed E-state index contributed by atoms with van der Waals surface area (Å²) in [6, 6.07) is 11.3. The molecule has 0 bridgehead atoms. The normalized spacial score (nSPS) is 9.05. The van der Waals surface area contributed by atoms with E-state index in [2.05, 4.69) is 0 Å². The lowest BCUT2D eigenvalue weighted by atomic mass is 10.2. The summed E-state index contributed by atoms with van der Waals surface area (Å²) >= 11 is 0. The average molecular weight is 301 g/mol. The fourth-order valence-electron chi connectivity index (χ4n) is 1.35. The van der Waals surface area contributed by atoms with Crippen molar-refractivity contribution in [1.82, 2.24) is 0 Å². The molecule has 4 N–H and O–H groups in total. The predicted molar refractivity (Wildman–Crippen MR) is 79.7 cm³/mol. The van der Waals surface area contributed by atoms with Gasteiger partial charge in [0, 0.05) is 35.6 Å². The highest BCUT2D eigenvalue weighted by atomic mass is 16.6. The third-order valence-corrected chi connectivity index (χ3v) is 2.47. The van der Waals surface area contributed by atoms with Crippen LogP contribution in [0.4, 0.5) is 22.7 Å². The Labute approximate surface area is 124 Å². The average Bonchev–Trinajstić information content (AvgIpc) is 2.48. The van der Waals surface area contributed by atoms with Crippen LogP contribution in [-0.2, 0) is 0 Å². The van der Waals surface area contributed by atoms with Crippen LogP contribution >= 0.6 is 0 Å². The lowest BCUT2D eigenvalue weighted by Gasteiger charge is -1.95. The zero-order chi connectivity index (χ0) is 16.7. The first-order chi connectivity index (χ1) is 10.3. The third kappa shape index (κ3) is 4.46. The minimum Gasteiger partial charge on any atom is -0.399 e. The van der Waals surface area contributed by atoms with Gasteiger partial charge in [0.05, 0.1) is 15.4 Å². The molecule has 0 atom stereocenters. The van der Waals surface area contributed by atoms with Crippen LogP contribution in [0.5, 0.6) is 0 Å². The molecule has 0 amide bonds. The maximum Gasteiger partial charge on any atom is 0.270 e. The van der Waals surface area contributed by atoms with Gasteiger partial charge >= 0.3 is 0 Å². The second kappa shape index (κ2) is 7.20. The van der Waals surface area contributed by atoms with Gasteiger partial charge in [0.1, 0.15) is 6.07 Å². The van der Waals surface area contributed by atoms with E-state index in [9.17, 15) is 20.2 Å². The summed E-state index contributed by atoms with van der Waals surface area (Å²) in [6.07, 6.45) is 0. The SMILES string of the molecule is N#Cc1cc([N+](=O)[O-])ccc1N.Nc1ccc([N+](=O)[O-])cc1. The van der Waals surface area contributed by atoms with Crippen molar-refractivity contribution in [3.05, 3.63) is 68.3 Å². The number of non-ortho nitro benzene ring substituents is 2. The fourth-order valence-corrected chi connectivity index (χ4v) is 1.35. The van der Waals surface area contributed by atoms with E-state index in [0.29, 0.717) is 5.69 Å². The van der Waals surface area contributed by atoms with Crippen molar-refractivity contribution in [2.24, 2.45) is 0 Å². The van der Waals surface area contributed by atoms with Crippen molar-refractivity contribution < 1.29 is 9.85 Å². The molecule has 0 aliphatic heterocycles. The van der Waals surface area contributed by atoms with Crippen LogP contribution in [-0.4, -0.2) is 9.85 Å². The molecular weight excluding hydrogens is 290 g/mol. The number of nitro groups is 2. The first kappa shape index (κ1) is 16.4. The Kier molecular flexibility index (Phi) is 5.36. The summed E-state index contributed by atoms with van der Waals surface area (Å²) in [5.74, 6) is 0. The number of nitrogen functional groups attached to an aromatic ring is 2. The van der Waals surface area contributed by atoms with Gasteiger partial charge in [-0.25, -0.2) is 0 Å². The summed E-state index contributed by atoms with van der Waals surface area (Å²) in [7, 11) is 0. The number of hydrogen-bond acceptors (Lipinski definition) is 7. The van der Waals surface area contributed by atoms with Crippen molar-refractivity contribution in [2.45, 2.75) is 0 Å². The molecule has 112 valence electrons. The van der Waals surface area contributed by atoms with E-state index < -0.39 is 9.85 Å². The quantitative estimate of drug-likeness (QED) is 0.487. The Morgan fingerprint density at radius 1 is 0.909 bits per heavy atom. The summed E-state index contributed by atoms with van der Waals surface area (Å²) < 4.78 is 0. The Hall–Kier alpha value is -3.67. The summed E-state index contributed by atoms with van der Waals surface area (Å²) in [5.41, 5.74) is 11.5. The Morgan fingerprint density at radius 2 is 1.41 bits per heavy atom. The van der Waals surface area contributed by atoms with Crippen molar-refractivity contribution in [3.63, 3.8) is 0 Å². The van der Waals surface area contributed by atoms with Crippen LogP contribution in [0.15, 0.2) is 42.5 Å². The maximum atomic E-state index is 10.2. The predicted octanol–water partition coefficient (Wildman–Crippen LogP) is 2.23. The van der Waals surface area contributed by atoms with Gasteiger partial charge in [-0.05, 0) is 18.2 Å². The molecule has 9 heteroatoms. The molecule has 0 saturated heterocycles. The van der Waals surface area contributed by atoms with Gasteiger partial charge in [-0.1, -0.05) is 0 Å². The number of nitriles is 1. The molecule has 0 unspecified atom stereocenters. The zero-order valence-corrected chi connectivity index (χ0v) is 11.2. The number of nitro benzene ring substituents is 2. The molecule has 2 rings (SSSR count). The highest BCUT2D eigenvalue weighted by Gasteiger charge is 2.07. The number of rotatable bonds is 2. The van der Waals surface area contributed by atoms with Crippen LogP contribution in [0, 0.1) is 31.6 Å². The van der Waals surface area contributed by atoms with Gasteiger partial charge in [-0.2, -0.15) is 5.26 Å². The Balaban J connectivity index is 0.000000224. The molecule has 0 radical (unpaired) electrons. The Bertz CT molecular complexity index is 737. The van der Waals surface area contributed by atoms with Crippen LogP contribution in [0.1, 0.15) is 5.56 Å². The van der Waals surface area contributed by atoms with E-state index in [4.69, 9.17) is 16.7 Å². The van der Waals surface area contributed by atoms with Gasteiger partial charge < -0.3 is 11.5 Å². The highest BCUT2D eigenvalue weighted by molar-refractivity contribution is 5.58. The molecule has 0 aliphatic rings. The lowest BCUT2D eigenvalue weighted by Crippen LogP contribution is -1.93. The number of benzene rings is 2. The van der Waals surface area contributed by atoms with E-state index in [1.54, 1.807) is 6.07 Å². The largest absolute Gasteiger partial charge is 0.399 e. The summed E-state index contributed by atoms with van der Waals surface area (Å²) in [5, 5.41) is 28.8. The number of anilines is 2. The molecule has 0 saturated carbocycles. The lowest BCUT2D eigenvalue weighted by molar-refractivity contribution is -0.385. The summed E-state index contributed by atoms with van der Waals surface area (Å²) in [4.78, 5) is 19.3. The van der Waals surface area contributed by atoms with E-state index >= 15 is 0 Å². The van der Waals surface area contributed by atoms with Gasteiger partial charge in [0.15, 0.2) is 0 Å². The molecule has 0 aromatic heterocycles. The van der Waals surface area contributed by atoms with E-state index in [1.807, 2.05) is 0 Å². The van der Waals surface area contributed by atoms with E-state index in [-0.39, 0.29) is 22.6 Å². The molecular formula is C13H11N5O4. The molecule has 0 spiro atoms. The van der Waals surface area contributed by atoms with Gasteiger partial charge in [-0.3, -0.25) is 20.2 Å². The molecule has 22 heavy (non-hydrogen) atoms. The van der Waals surface area contributed by atoms with Crippen LogP contribution in [0.2, 0.25) is 0 Å². The molecule has 2 aromatic carbocycles. The van der Waals surface area contributed by atoms with Crippen molar-refractivity contribution >= 4 is 22.7 Å². The Morgan fingerprint density at radius 3 is 1.86 bits per heavy atom. The van der Waals surface area contributed by atoms with Crippen LogP contribution in [0.25, 0.3) is 0 Å². The van der Waals surface area contributed by atoms with Crippen LogP contribution in [0.3, 0.4) is 0 Å². The molecule has 0 aliphatic carbocycles. The minimum absolute atomic E-state index is 0.0641. The topological polar surface area (TPSA) is 162 Å². The van der Waals surface area contributed by atoms with Crippen molar-refractivity contribution in [3.8, 4) is 6.07 Å². The first-order valence-corrected chi connectivity index (χ1v) is 5.79. The van der Waals surface area contributed by atoms with Gasteiger partial charge in [0.25, 0.3) is 11.4 Å². The smallest absolute Gasteiger partial charge is 0.270 e. The number of nitrogens with zero attached hydrogens (tertiary/aromatic N) is 3.